The molecule has 0 atom stereocenters. The number of rotatable bonds is 6. The summed E-state index contributed by atoms with van der Waals surface area (Å²) in [4.78, 5) is 16.5. The van der Waals surface area contributed by atoms with E-state index in [4.69, 9.17) is 4.74 Å². The van der Waals surface area contributed by atoms with Crippen LogP contribution in [0.5, 0.6) is 0 Å². The molecule has 0 spiro atoms. The number of nitrogens with one attached hydrogen (secondary N) is 2. The quantitative estimate of drug-likeness (QED) is 0.831. The summed E-state index contributed by atoms with van der Waals surface area (Å²) >= 11 is 0. The number of morpholine rings is 1. The molecule has 2 rings (SSSR count). The van der Waals surface area contributed by atoms with Crippen molar-refractivity contribution in [2.45, 2.75) is 25.9 Å². The Kier molecular flexibility index (Phi) is 6.45. The van der Waals surface area contributed by atoms with Crippen LogP contribution in [0.3, 0.4) is 0 Å². The van der Waals surface area contributed by atoms with E-state index in [1.54, 1.807) is 0 Å². The predicted molar refractivity (Wildman–Crippen MR) is 97.5 cm³/mol. The number of hydrogen-bond acceptors (Lipinski definition) is 4. The van der Waals surface area contributed by atoms with Gasteiger partial charge in [-0.2, -0.15) is 0 Å². The molecule has 0 aromatic heterocycles. The van der Waals surface area contributed by atoms with Crippen molar-refractivity contribution in [3.05, 3.63) is 29.8 Å². The fourth-order valence-corrected chi connectivity index (χ4v) is 2.73. The third kappa shape index (κ3) is 5.39. The zero-order chi connectivity index (χ0) is 17.6. The minimum absolute atomic E-state index is 0.0749. The SMILES string of the molecule is CN(C)c1ccc(CNC(=O)NCC(C)(C)N2CCOCC2)cc1. The average Bonchev–Trinajstić information content (AvgIpc) is 2.59. The predicted octanol–water partition coefficient (Wildman–Crippen LogP) is 1.66. The number of hydrogen-bond donors (Lipinski definition) is 2. The molecule has 6 nitrogen and oxygen atoms in total. The van der Waals surface area contributed by atoms with Gasteiger partial charge in [0.05, 0.1) is 13.2 Å². The number of ether oxygens (including phenoxy) is 1. The molecule has 0 saturated carbocycles. The molecule has 1 saturated heterocycles. The molecule has 2 amide bonds. The number of benzene rings is 1. The minimum Gasteiger partial charge on any atom is -0.379 e. The molecule has 0 aliphatic carbocycles. The molecule has 1 aromatic rings. The van der Waals surface area contributed by atoms with Crippen LogP contribution in [-0.2, 0) is 11.3 Å². The summed E-state index contributed by atoms with van der Waals surface area (Å²) in [5.74, 6) is 0. The molecule has 6 heteroatoms. The van der Waals surface area contributed by atoms with Crippen LogP contribution in [0.1, 0.15) is 19.4 Å². The first kappa shape index (κ1) is 18.5. The third-order valence-electron chi connectivity index (χ3n) is 4.45. The van der Waals surface area contributed by atoms with Crippen molar-refractivity contribution >= 4 is 11.7 Å². The Morgan fingerprint density at radius 1 is 1.17 bits per heavy atom. The summed E-state index contributed by atoms with van der Waals surface area (Å²) in [6.45, 7) is 8.78. The van der Waals surface area contributed by atoms with Crippen LogP contribution < -0.4 is 15.5 Å². The lowest BCUT2D eigenvalue weighted by atomic mass is 10.0. The van der Waals surface area contributed by atoms with Crippen LogP contribution in [0.15, 0.2) is 24.3 Å². The van der Waals surface area contributed by atoms with Gasteiger partial charge in [0.1, 0.15) is 0 Å². The van der Waals surface area contributed by atoms with Crippen LogP contribution in [0.25, 0.3) is 0 Å². The first-order valence-corrected chi connectivity index (χ1v) is 8.49. The molecule has 1 fully saturated rings. The van der Waals surface area contributed by atoms with Crippen LogP contribution in [0.2, 0.25) is 0 Å². The van der Waals surface area contributed by atoms with Gasteiger partial charge in [0, 0.05) is 51.5 Å². The normalized spacial score (nSPS) is 15.8. The summed E-state index contributed by atoms with van der Waals surface area (Å²) in [6, 6.07) is 8.04. The van der Waals surface area contributed by atoms with Gasteiger partial charge in [-0.3, -0.25) is 4.90 Å². The van der Waals surface area contributed by atoms with Gasteiger partial charge in [-0.15, -0.1) is 0 Å². The highest BCUT2D eigenvalue weighted by Crippen LogP contribution is 2.15. The van der Waals surface area contributed by atoms with Gasteiger partial charge in [0.25, 0.3) is 0 Å². The van der Waals surface area contributed by atoms with Crippen molar-refractivity contribution in [2.75, 3.05) is 51.8 Å². The highest BCUT2D eigenvalue weighted by molar-refractivity contribution is 5.73. The van der Waals surface area contributed by atoms with E-state index in [2.05, 4.69) is 46.4 Å². The number of amides is 2. The first-order valence-electron chi connectivity index (χ1n) is 8.49. The Labute approximate surface area is 145 Å². The Bertz CT molecular complexity index is 522. The fourth-order valence-electron chi connectivity index (χ4n) is 2.73. The average molecular weight is 334 g/mol. The summed E-state index contributed by atoms with van der Waals surface area (Å²) < 4.78 is 5.39. The minimum atomic E-state index is -0.131. The molecule has 0 bridgehead atoms. The second kappa shape index (κ2) is 8.35. The number of carbonyl (C=O) groups is 1. The summed E-state index contributed by atoms with van der Waals surface area (Å²) in [7, 11) is 4.02. The van der Waals surface area contributed by atoms with Crippen molar-refractivity contribution < 1.29 is 9.53 Å². The molecule has 24 heavy (non-hydrogen) atoms. The maximum absolute atomic E-state index is 12.0. The van der Waals surface area contributed by atoms with Crippen LogP contribution in [0.4, 0.5) is 10.5 Å². The molecular weight excluding hydrogens is 304 g/mol. The smallest absolute Gasteiger partial charge is 0.315 e. The Hall–Kier alpha value is -1.79. The number of anilines is 1. The van der Waals surface area contributed by atoms with Crippen LogP contribution in [0, 0.1) is 0 Å². The lowest BCUT2D eigenvalue weighted by Gasteiger charge is -2.40. The van der Waals surface area contributed by atoms with E-state index in [0.29, 0.717) is 13.1 Å². The maximum Gasteiger partial charge on any atom is 0.315 e. The van der Waals surface area contributed by atoms with Gasteiger partial charge in [-0.1, -0.05) is 12.1 Å². The molecule has 0 radical (unpaired) electrons. The van der Waals surface area contributed by atoms with Gasteiger partial charge in [-0.05, 0) is 31.5 Å². The van der Waals surface area contributed by atoms with E-state index in [-0.39, 0.29) is 11.6 Å². The maximum atomic E-state index is 12.0. The van der Waals surface area contributed by atoms with E-state index >= 15 is 0 Å². The largest absolute Gasteiger partial charge is 0.379 e. The highest BCUT2D eigenvalue weighted by atomic mass is 16.5. The van der Waals surface area contributed by atoms with Gasteiger partial charge in [0.15, 0.2) is 0 Å². The van der Waals surface area contributed by atoms with E-state index in [1.165, 1.54) is 0 Å². The number of nitrogens with zero attached hydrogens (tertiary/aromatic N) is 2. The van der Waals surface area contributed by atoms with Crippen LogP contribution in [-0.4, -0.2) is 63.4 Å². The molecule has 1 aromatic carbocycles. The molecule has 134 valence electrons. The van der Waals surface area contributed by atoms with Crippen molar-refractivity contribution in [2.24, 2.45) is 0 Å². The van der Waals surface area contributed by atoms with Crippen LogP contribution >= 0.6 is 0 Å². The molecule has 1 aliphatic heterocycles. The van der Waals surface area contributed by atoms with Gasteiger partial charge in [-0.25, -0.2) is 4.79 Å². The van der Waals surface area contributed by atoms with E-state index in [0.717, 1.165) is 37.6 Å². The Morgan fingerprint density at radius 3 is 2.38 bits per heavy atom. The molecule has 0 unspecified atom stereocenters. The lowest BCUT2D eigenvalue weighted by molar-refractivity contribution is -0.00874. The molecule has 1 aliphatic rings. The van der Waals surface area contributed by atoms with Crippen molar-refractivity contribution in [3.8, 4) is 0 Å². The standard InChI is InChI=1S/C18H30N4O2/c1-18(2,22-9-11-24-12-10-22)14-20-17(23)19-13-15-5-7-16(8-6-15)21(3)4/h5-8H,9-14H2,1-4H3,(H2,19,20,23). The molecular formula is C18H30N4O2. The Morgan fingerprint density at radius 2 is 1.79 bits per heavy atom. The zero-order valence-electron chi connectivity index (χ0n) is 15.3. The lowest BCUT2D eigenvalue weighted by Crippen LogP contribution is -2.56. The second-order valence-electron chi connectivity index (χ2n) is 7.01. The Balaban J connectivity index is 1.74. The summed E-state index contributed by atoms with van der Waals surface area (Å²) in [5, 5.41) is 5.90. The van der Waals surface area contributed by atoms with Crippen molar-refractivity contribution in [1.29, 1.82) is 0 Å². The zero-order valence-corrected chi connectivity index (χ0v) is 15.3. The topological polar surface area (TPSA) is 56.8 Å². The number of carbonyl (C=O) groups excluding carboxylic acids is 1. The second-order valence-corrected chi connectivity index (χ2v) is 7.01. The van der Waals surface area contributed by atoms with Gasteiger partial charge >= 0.3 is 6.03 Å². The van der Waals surface area contributed by atoms with Crippen molar-refractivity contribution in [3.63, 3.8) is 0 Å². The summed E-state index contributed by atoms with van der Waals surface area (Å²) in [6.07, 6.45) is 0. The summed E-state index contributed by atoms with van der Waals surface area (Å²) in [5.41, 5.74) is 2.16. The number of urea groups is 1. The van der Waals surface area contributed by atoms with E-state index in [1.807, 2.05) is 26.2 Å². The third-order valence-corrected chi connectivity index (χ3v) is 4.45. The van der Waals surface area contributed by atoms with E-state index in [9.17, 15) is 4.79 Å². The molecule has 1 heterocycles. The van der Waals surface area contributed by atoms with Gasteiger partial charge < -0.3 is 20.3 Å². The monoisotopic (exact) mass is 334 g/mol. The van der Waals surface area contributed by atoms with E-state index < -0.39 is 0 Å². The van der Waals surface area contributed by atoms with Gasteiger partial charge in [0.2, 0.25) is 0 Å². The van der Waals surface area contributed by atoms with Crippen molar-refractivity contribution in [1.82, 2.24) is 15.5 Å². The fraction of sp³-hybridized carbons (Fsp3) is 0.611. The molecule has 2 N–H and O–H groups in total. The highest BCUT2D eigenvalue weighted by Gasteiger charge is 2.28. The first-order chi connectivity index (χ1) is 11.4.